The Labute approximate surface area is 124 Å². The maximum absolute atomic E-state index is 8.83. The average molecular weight is 293 g/mol. The zero-order chi connectivity index (χ0) is 15.3. The molecule has 0 atom stereocenters. The molecule has 2 rings (SSSR count). The lowest BCUT2D eigenvalue weighted by molar-refractivity contribution is -0.0695. The van der Waals surface area contributed by atoms with Gasteiger partial charge in [0, 0.05) is 20.2 Å². The van der Waals surface area contributed by atoms with Crippen LogP contribution in [0.4, 0.5) is 0 Å². The number of methoxy groups -OCH3 is 2. The standard InChI is InChI=1S/C15H23N3O3/c1-20-13-5-4-11(8-12(13)14(16)18-19)9-17-10-15(21-2)6-3-7-15/h4-5,8,17,19H,3,6-7,9-10H2,1-2H3,(H2,16,18). The molecule has 1 aliphatic carbocycles. The molecule has 0 bridgehead atoms. The van der Waals surface area contributed by atoms with E-state index in [1.165, 1.54) is 6.42 Å². The molecule has 4 N–H and O–H groups in total. The van der Waals surface area contributed by atoms with Gasteiger partial charge < -0.3 is 25.7 Å². The summed E-state index contributed by atoms with van der Waals surface area (Å²) in [5.41, 5.74) is 7.30. The fourth-order valence-electron chi connectivity index (χ4n) is 2.58. The summed E-state index contributed by atoms with van der Waals surface area (Å²) in [7, 11) is 3.32. The molecule has 1 aromatic rings. The van der Waals surface area contributed by atoms with Gasteiger partial charge in [-0.2, -0.15) is 0 Å². The van der Waals surface area contributed by atoms with Crippen LogP contribution in [0.3, 0.4) is 0 Å². The van der Waals surface area contributed by atoms with Crippen LogP contribution in [0.25, 0.3) is 0 Å². The van der Waals surface area contributed by atoms with Crippen LogP contribution in [-0.2, 0) is 11.3 Å². The number of hydrogen-bond acceptors (Lipinski definition) is 5. The van der Waals surface area contributed by atoms with Gasteiger partial charge in [0.05, 0.1) is 18.3 Å². The van der Waals surface area contributed by atoms with E-state index >= 15 is 0 Å². The number of hydrogen-bond donors (Lipinski definition) is 3. The molecule has 6 nitrogen and oxygen atoms in total. The van der Waals surface area contributed by atoms with Crippen molar-refractivity contribution in [3.8, 4) is 5.75 Å². The van der Waals surface area contributed by atoms with E-state index in [1.54, 1.807) is 14.2 Å². The minimum Gasteiger partial charge on any atom is -0.496 e. The van der Waals surface area contributed by atoms with Crippen molar-refractivity contribution >= 4 is 5.84 Å². The zero-order valence-corrected chi connectivity index (χ0v) is 12.6. The Bertz CT molecular complexity index is 507. The van der Waals surface area contributed by atoms with E-state index in [-0.39, 0.29) is 11.4 Å². The highest BCUT2D eigenvalue weighted by Crippen LogP contribution is 2.34. The molecular weight excluding hydrogens is 270 g/mol. The summed E-state index contributed by atoms with van der Waals surface area (Å²) in [5.74, 6) is 0.627. The minimum atomic E-state index is 0.000878. The highest BCUT2D eigenvalue weighted by atomic mass is 16.5. The average Bonchev–Trinajstić information content (AvgIpc) is 2.49. The number of amidine groups is 1. The molecule has 1 fully saturated rings. The number of nitrogens with zero attached hydrogens (tertiary/aromatic N) is 1. The normalized spacial score (nSPS) is 17.3. The van der Waals surface area contributed by atoms with Crippen molar-refractivity contribution in [1.29, 1.82) is 0 Å². The Kier molecular flexibility index (Phi) is 5.03. The monoisotopic (exact) mass is 293 g/mol. The van der Waals surface area contributed by atoms with Crippen molar-refractivity contribution < 1.29 is 14.7 Å². The van der Waals surface area contributed by atoms with Crippen molar-refractivity contribution in [2.24, 2.45) is 10.9 Å². The number of ether oxygens (including phenoxy) is 2. The van der Waals surface area contributed by atoms with Crippen LogP contribution < -0.4 is 15.8 Å². The van der Waals surface area contributed by atoms with Crippen LogP contribution in [0, 0.1) is 0 Å². The molecule has 1 aliphatic rings. The summed E-state index contributed by atoms with van der Waals surface area (Å²) in [6, 6.07) is 5.64. The van der Waals surface area contributed by atoms with E-state index in [4.69, 9.17) is 20.4 Å². The molecule has 1 aromatic carbocycles. The molecule has 21 heavy (non-hydrogen) atoms. The third-order valence-corrected chi connectivity index (χ3v) is 4.12. The predicted molar refractivity (Wildman–Crippen MR) is 80.8 cm³/mol. The summed E-state index contributed by atoms with van der Waals surface area (Å²) in [5, 5.41) is 15.3. The van der Waals surface area contributed by atoms with Crippen molar-refractivity contribution in [3.63, 3.8) is 0 Å². The van der Waals surface area contributed by atoms with Crippen LogP contribution in [0.15, 0.2) is 23.4 Å². The Balaban J connectivity index is 2.00. The Morgan fingerprint density at radius 1 is 1.43 bits per heavy atom. The van der Waals surface area contributed by atoms with Crippen LogP contribution in [0.5, 0.6) is 5.75 Å². The Hall–Kier alpha value is -1.79. The zero-order valence-electron chi connectivity index (χ0n) is 12.6. The SMILES string of the molecule is COc1ccc(CNCC2(OC)CCC2)cc1/C(N)=N/O. The first-order valence-electron chi connectivity index (χ1n) is 7.05. The molecular formula is C15H23N3O3. The number of nitrogens with two attached hydrogens (primary N) is 1. The van der Waals surface area contributed by atoms with E-state index in [9.17, 15) is 0 Å². The van der Waals surface area contributed by atoms with Crippen LogP contribution in [-0.4, -0.2) is 37.4 Å². The fraction of sp³-hybridized carbons (Fsp3) is 0.533. The van der Waals surface area contributed by atoms with Crippen molar-refractivity contribution in [1.82, 2.24) is 5.32 Å². The summed E-state index contributed by atoms with van der Waals surface area (Å²) >= 11 is 0. The van der Waals surface area contributed by atoms with E-state index in [0.717, 1.165) is 24.9 Å². The molecule has 0 aromatic heterocycles. The van der Waals surface area contributed by atoms with E-state index in [0.29, 0.717) is 17.9 Å². The highest BCUT2D eigenvalue weighted by Gasteiger charge is 2.36. The third-order valence-electron chi connectivity index (χ3n) is 4.12. The molecule has 0 amide bonds. The van der Waals surface area contributed by atoms with Gasteiger partial charge in [0.2, 0.25) is 0 Å². The topological polar surface area (TPSA) is 89.1 Å². The van der Waals surface area contributed by atoms with Gasteiger partial charge in [0.25, 0.3) is 0 Å². The summed E-state index contributed by atoms with van der Waals surface area (Å²) in [4.78, 5) is 0. The van der Waals surface area contributed by atoms with Crippen molar-refractivity contribution in [3.05, 3.63) is 29.3 Å². The summed E-state index contributed by atoms with van der Waals surface area (Å²) < 4.78 is 10.8. The quantitative estimate of drug-likeness (QED) is 0.306. The van der Waals surface area contributed by atoms with E-state index in [2.05, 4.69) is 10.5 Å². The number of rotatable bonds is 7. The van der Waals surface area contributed by atoms with Gasteiger partial charge in [-0.15, -0.1) is 0 Å². The highest BCUT2D eigenvalue weighted by molar-refractivity contribution is 5.99. The van der Waals surface area contributed by atoms with Crippen molar-refractivity contribution in [2.75, 3.05) is 20.8 Å². The van der Waals surface area contributed by atoms with E-state index < -0.39 is 0 Å². The van der Waals surface area contributed by atoms with Gasteiger partial charge in [-0.25, -0.2) is 0 Å². The molecule has 1 saturated carbocycles. The maximum atomic E-state index is 8.83. The molecule has 0 spiro atoms. The van der Waals surface area contributed by atoms with E-state index in [1.807, 2.05) is 18.2 Å². The van der Waals surface area contributed by atoms with Gasteiger partial charge in [-0.05, 0) is 37.0 Å². The lowest BCUT2D eigenvalue weighted by Crippen LogP contribution is -2.47. The third kappa shape index (κ3) is 3.46. The maximum Gasteiger partial charge on any atom is 0.173 e. The number of nitrogens with one attached hydrogen (secondary N) is 1. The molecule has 0 unspecified atom stereocenters. The smallest absolute Gasteiger partial charge is 0.173 e. The lowest BCUT2D eigenvalue weighted by atomic mass is 9.80. The first-order valence-corrected chi connectivity index (χ1v) is 7.05. The van der Waals surface area contributed by atoms with Crippen LogP contribution in [0.2, 0.25) is 0 Å². The lowest BCUT2D eigenvalue weighted by Gasteiger charge is -2.40. The van der Waals surface area contributed by atoms with Crippen molar-refractivity contribution in [2.45, 2.75) is 31.4 Å². The molecule has 0 heterocycles. The summed E-state index contributed by atoms with van der Waals surface area (Å²) in [6.45, 7) is 1.52. The first kappa shape index (κ1) is 15.6. The largest absolute Gasteiger partial charge is 0.496 e. The molecule has 0 aliphatic heterocycles. The second kappa shape index (κ2) is 6.78. The van der Waals surface area contributed by atoms with Gasteiger partial charge in [-0.1, -0.05) is 11.2 Å². The number of benzene rings is 1. The second-order valence-corrected chi connectivity index (χ2v) is 5.36. The Morgan fingerprint density at radius 2 is 2.19 bits per heavy atom. The van der Waals surface area contributed by atoms with Crippen LogP contribution >= 0.6 is 0 Å². The van der Waals surface area contributed by atoms with Gasteiger partial charge in [-0.3, -0.25) is 0 Å². The van der Waals surface area contributed by atoms with Gasteiger partial charge in [0.15, 0.2) is 5.84 Å². The summed E-state index contributed by atoms with van der Waals surface area (Å²) in [6.07, 6.45) is 3.44. The Morgan fingerprint density at radius 3 is 2.71 bits per heavy atom. The van der Waals surface area contributed by atoms with Gasteiger partial charge in [0.1, 0.15) is 5.75 Å². The number of oxime groups is 1. The molecule has 116 valence electrons. The van der Waals surface area contributed by atoms with Gasteiger partial charge >= 0.3 is 0 Å². The minimum absolute atomic E-state index is 0.000878. The predicted octanol–water partition coefficient (Wildman–Crippen LogP) is 1.45. The first-order chi connectivity index (χ1) is 10.1. The second-order valence-electron chi connectivity index (χ2n) is 5.36. The molecule has 0 radical (unpaired) electrons. The fourth-order valence-corrected chi connectivity index (χ4v) is 2.58. The molecule has 0 saturated heterocycles. The van der Waals surface area contributed by atoms with Crippen LogP contribution in [0.1, 0.15) is 30.4 Å². The molecule has 6 heteroatoms.